The number of hydrogen-bond acceptors (Lipinski definition) is 7. The molecule has 33 heavy (non-hydrogen) atoms. The predicted octanol–water partition coefficient (Wildman–Crippen LogP) is 4.22. The van der Waals surface area contributed by atoms with Crippen LogP contribution in [0.5, 0.6) is 0 Å². The fraction of sp³-hybridized carbons (Fsp3) is 0.318. The number of sulfone groups is 1. The lowest BCUT2D eigenvalue weighted by Crippen LogP contribution is -2.45. The summed E-state index contributed by atoms with van der Waals surface area (Å²) in [6, 6.07) is 10.4. The van der Waals surface area contributed by atoms with E-state index in [1.165, 1.54) is 6.07 Å². The van der Waals surface area contributed by atoms with Crippen LogP contribution in [0.4, 0.5) is 9.93 Å². The summed E-state index contributed by atoms with van der Waals surface area (Å²) >= 11 is 7.11. The highest BCUT2D eigenvalue weighted by Crippen LogP contribution is 2.31. The van der Waals surface area contributed by atoms with Crippen molar-refractivity contribution in [3.8, 4) is 0 Å². The zero-order valence-corrected chi connectivity index (χ0v) is 20.2. The van der Waals surface area contributed by atoms with Crippen LogP contribution in [-0.4, -0.2) is 43.2 Å². The zero-order valence-electron chi connectivity index (χ0n) is 17.9. The van der Waals surface area contributed by atoms with Crippen molar-refractivity contribution in [2.75, 3.05) is 17.6 Å². The monoisotopic (exact) mass is 506 g/mol. The van der Waals surface area contributed by atoms with E-state index in [1.807, 2.05) is 6.92 Å². The van der Waals surface area contributed by atoms with Crippen LogP contribution in [-0.2, 0) is 9.84 Å². The van der Waals surface area contributed by atoms with Crippen molar-refractivity contribution < 1.29 is 18.0 Å². The first-order chi connectivity index (χ1) is 15.7. The predicted molar refractivity (Wildman–Crippen MR) is 130 cm³/mol. The van der Waals surface area contributed by atoms with Crippen molar-refractivity contribution in [1.82, 2.24) is 15.6 Å². The third-order valence-corrected chi connectivity index (χ3v) is 8.93. The Kier molecular flexibility index (Phi) is 6.71. The van der Waals surface area contributed by atoms with E-state index in [9.17, 15) is 18.0 Å². The van der Waals surface area contributed by atoms with Crippen molar-refractivity contribution in [3.05, 3.63) is 53.1 Å². The molecular formula is C22H23ClN4O4S2. The van der Waals surface area contributed by atoms with Crippen molar-refractivity contribution in [1.29, 1.82) is 0 Å². The molecule has 3 aromatic rings. The summed E-state index contributed by atoms with van der Waals surface area (Å²) in [4.78, 5) is 29.0. The molecule has 1 saturated heterocycles. The van der Waals surface area contributed by atoms with Gasteiger partial charge in [0.2, 0.25) is 0 Å². The first kappa shape index (κ1) is 23.6. The number of halogens is 1. The molecule has 0 aliphatic carbocycles. The Hall–Kier alpha value is -2.53. The number of amides is 3. The molecule has 0 radical (unpaired) electrons. The summed E-state index contributed by atoms with van der Waals surface area (Å²) in [6.07, 6.45) is 2.54. The molecule has 4 rings (SSSR count). The van der Waals surface area contributed by atoms with Crippen molar-refractivity contribution in [2.24, 2.45) is 0 Å². The SMILES string of the molecule is CC[C@]1(CS(=O)(=O)c2ccc3nc(NC(=O)NC(=O)c4ccccc4Cl)sc3c2)CCCN1. The van der Waals surface area contributed by atoms with Gasteiger partial charge >= 0.3 is 6.03 Å². The number of imide groups is 1. The second kappa shape index (κ2) is 9.38. The topological polar surface area (TPSA) is 117 Å². The van der Waals surface area contributed by atoms with E-state index >= 15 is 0 Å². The minimum atomic E-state index is -3.51. The van der Waals surface area contributed by atoms with E-state index in [1.54, 1.807) is 36.4 Å². The maximum atomic E-state index is 13.1. The molecule has 174 valence electrons. The Morgan fingerprint density at radius 3 is 2.73 bits per heavy atom. The molecule has 2 heterocycles. The van der Waals surface area contributed by atoms with Gasteiger partial charge in [0.25, 0.3) is 5.91 Å². The second-order valence-corrected chi connectivity index (χ2v) is 11.4. The van der Waals surface area contributed by atoms with Crippen LogP contribution in [0.25, 0.3) is 10.2 Å². The van der Waals surface area contributed by atoms with Crippen LogP contribution >= 0.6 is 22.9 Å². The number of urea groups is 1. The molecule has 8 nitrogen and oxygen atoms in total. The molecule has 0 saturated carbocycles. The van der Waals surface area contributed by atoms with Crippen LogP contribution < -0.4 is 16.0 Å². The van der Waals surface area contributed by atoms with E-state index in [2.05, 4.69) is 20.9 Å². The van der Waals surface area contributed by atoms with Crippen LogP contribution in [0.3, 0.4) is 0 Å². The molecule has 1 aliphatic rings. The molecule has 0 spiro atoms. The van der Waals surface area contributed by atoms with Gasteiger partial charge in [-0.25, -0.2) is 18.2 Å². The Balaban J connectivity index is 1.48. The van der Waals surface area contributed by atoms with Gasteiger partial charge in [-0.1, -0.05) is 42.0 Å². The number of hydrogen-bond donors (Lipinski definition) is 3. The summed E-state index contributed by atoms with van der Waals surface area (Å²) < 4.78 is 26.8. The number of thiazole rings is 1. The smallest absolute Gasteiger partial charge is 0.310 e. The molecule has 0 bridgehead atoms. The number of fused-ring (bicyclic) bond motifs is 1. The summed E-state index contributed by atoms with van der Waals surface area (Å²) in [6.45, 7) is 2.83. The van der Waals surface area contributed by atoms with Crippen LogP contribution in [0.2, 0.25) is 5.02 Å². The standard InChI is InChI=1S/C22H23ClN4O4S2/c1-2-22(10-5-11-24-22)13-33(30,31)14-8-9-17-18(12-14)32-21(25-17)27-20(29)26-19(28)15-6-3-4-7-16(15)23/h3-4,6-9,12,24H,2,5,10-11,13H2,1H3,(H2,25,26,27,28,29)/t22-/m1/s1. The van der Waals surface area contributed by atoms with Crippen LogP contribution in [0.1, 0.15) is 36.5 Å². The molecule has 11 heteroatoms. The number of anilines is 1. The molecular weight excluding hydrogens is 484 g/mol. The molecule has 0 unspecified atom stereocenters. The van der Waals surface area contributed by atoms with E-state index in [-0.39, 0.29) is 31.9 Å². The van der Waals surface area contributed by atoms with Gasteiger partial charge in [0, 0.05) is 5.54 Å². The number of benzene rings is 2. The first-order valence-corrected chi connectivity index (χ1v) is 13.3. The first-order valence-electron chi connectivity index (χ1n) is 10.5. The van der Waals surface area contributed by atoms with Crippen LogP contribution in [0.15, 0.2) is 47.4 Å². The van der Waals surface area contributed by atoms with Crippen molar-refractivity contribution in [3.63, 3.8) is 0 Å². The minimum absolute atomic E-state index is 0.0402. The lowest BCUT2D eigenvalue weighted by atomic mass is 9.97. The molecule has 2 aromatic carbocycles. The van der Waals surface area contributed by atoms with Gasteiger partial charge in [-0.05, 0) is 56.1 Å². The Morgan fingerprint density at radius 1 is 1.24 bits per heavy atom. The quantitative estimate of drug-likeness (QED) is 0.461. The highest BCUT2D eigenvalue weighted by Gasteiger charge is 2.37. The molecule has 1 aliphatic heterocycles. The minimum Gasteiger partial charge on any atom is -0.310 e. The second-order valence-electron chi connectivity index (χ2n) is 7.96. The molecule has 3 amide bonds. The van der Waals surface area contributed by atoms with E-state index in [4.69, 9.17) is 11.6 Å². The maximum Gasteiger partial charge on any atom is 0.327 e. The summed E-state index contributed by atoms with van der Waals surface area (Å²) in [5.41, 5.74) is 0.339. The lowest BCUT2D eigenvalue weighted by Gasteiger charge is -2.27. The highest BCUT2D eigenvalue weighted by molar-refractivity contribution is 7.91. The summed E-state index contributed by atoms with van der Waals surface area (Å²) in [5, 5.41) is 8.56. The molecule has 3 N–H and O–H groups in total. The number of carbonyl (C=O) groups is 2. The van der Waals surface area contributed by atoms with E-state index in [0.717, 1.165) is 37.1 Å². The third kappa shape index (κ3) is 5.19. The molecule has 1 fully saturated rings. The van der Waals surface area contributed by atoms with Gasteiger partial charge in [-0.15, -0.1) is 0 Å². The number of nitrogens with one attached hydrogen (secondary N) is 3. The number of aromatic nitrogens is 1. The zero-order chi connectivity index (χ0) is 23.6. The average Bonchev–Trinajstić information content (AvgIpc) is 3.39. The fourth-order valence-corrected chi connectivity index (χ4v) is 7.05. The molecule has 1 atom stereocenters. The van der Waals surface area contributed by atoms with Gasteiger partial charge in [0.05, 0.1) is 31.5 Å². The van der Waals surface area contributed by atoms with Gasteiger partial charge in [-0.2, -0.15) is 0 Å². The average molecular weight is 507 g/mol. The third-order valence-electron chi connectivity index (χ3n) is 5.76. The van der Waals surface area contributed by atoms with Gasteiger partial charge in [-0.3, -0.25) is 15.4 Å². The van der Waals surface area contributed by atoms with E-state index < -0.39 is 21.8 Å². The summed E-state index contributed by atoms with van der Waals surface area (Å²) in [5.74, 6) is -0.601. The lowest BCUT2D eigenvalue weighted by molar-refractivity contribution is 0.0967. The maximum absolute atomic E-state index is 13.1. The summed E-state index contributed by atoms with van der Waals surface area (Å²) in [7, 11) is -3.51. The van der Waals surface area contributed by atoms with Gasteiger partial charge in [0.1, 0.15) is 0 Å². The fourth-order valence-electron chi connectivity index (χ4n) is 3.94. The molecule has 1 aromatic heterocycles. The number of carbonyl (C=O) groups excluding carboxylic acids is 2. The largest absolute Gasteiger partial charge is 0.327 e. The van der Waals surface area contributed by atoms with E-state index in [0.29, 0.717) is 10.2 Å². The Morgan fingerprint density at radius 2 is 2.03 bits per heavy atom. The van der Waals surface area contributed by atoms with Crippen molar-refractivity contribution in [2.45, 2.75) is 36.6 Å². The van der Waals surface area contributed by atoms with Crippen LogP contribution in [0, 0.1) is 0 Å². The van der Waals surface area contributed by atoms with Crippen molar-refractivity contribution >= 4 is 60.1 Å². The van der Waals surface area contributed by atoms with Gasteiger partial charge < -0.3 is 5.32 Å². The number of nitrogens with zero attached hydrogens (tertiary/aromatic N) is 1. The highest BCUT2D eigenvalue weighted by atomic mass is 35.5. The Bertz CT molecular complexity index is 1320. The van der Waals surface area contributed by atoms with Gasteiger partial charge in [0.15, 0.2) is 15.0 Å². The Labute approximate surface area is 200 Å². The number of rotatable bonds is 6. The normalized spacial score (nSPS) is 18.4.